The van der Waals surface area contributed by atoms with Gasteiger partial charge in [-0.15, -0.1) is 11.3 Å². The van der Waals surface area contributed by atoms with E-state index in [4.69, 9.17) is 5.11 Å². The van der Waals surface area contributed by atoms with Crippen molar-refractivity contribution < 1.29 is 14.7 Å². The van der Waals surface area contributed by atoms with E-state index in [1.807, 2.05) is 17.5 Å². The number of aliphatic carboxylic acids is 1. The predicted molar refractivity (Wildman–Crippen MR) is 91.7 cm³/mol. The molecule has 1 aromatic carbocycles. The molecule has 1 atom stereocenters. The normalized spacial score (nSPS) is 12.1. The molecule has 0 aliphatic carbocycles. The molecule has 0 radical (unpaired) electrons. The summed E-state index contributed by atoms with van der Waals surface area (Å²) in [6.45, 7) is 3.90. The third-order valence-electron chi connectivity index (χ3n) is 3.86. The van der Waals surface area contributed by atoms with Crippen LogP contribution in [0.2, 0.25) is 0 Å². The van der Waals surface area contributed by atoms with Gasteiger partial charge in [0.05, 0.1) is 11.6 Å². The summed E-state index contributed by atoms with van der Waals surface area (Å²) < 4.78 is 0. The van der Waals surface area contributed by atoms with E-state index in [9.17, 15) is 9.59 Å². The molecule has 0 bridgehead atoms. The van der Waals surface area contributed by atoms with Gasteiger partial charge in [-0.2, -0.15) is 0 Å². The van der Waals surface area contributed by atoms with Crippen molar-refractivity contribution in [3.8, 4) is 10.6 Å². The first kappa shape index (κ1) is 17.3. The van der Waals surface area contributed by atoms with Gasteiger partial charge in [-0.25, -0.2) is 4.98 Å². The largest absolute Gasteiger partial charge is 0.481 e. The van der Waals surface area contributed by atoms with Crippen molar-refractivity contribution in [2.75, 3.05) is 0 Å². The average molecular weight is 331 g/mol. The number of nitrogens with zero attached hydrogens (tertiary/aromatic N) is 1. The average Bonchev–Trinajstić information content (AvgIpc) is 3.00. The van der Waals surface area contributed by atoms with Crippen LogP contribution in [0.1, 0.15) is 37.9 Å². The highest BCUT2D eigenvalue weighted by atomic mass is 32.1. The zero-order valence-electron chi connectivity index (χ0n) is 13.4. The van der Waals surface area contributed by atoms with Crippen LogP contribution in [0.3, 0.4) is 0 Å². The Hall–Kier alpha value is -2.01. The highest BCUT2D eigenvalue weighted by Gasteiger charge is 2.20. The van der Waals surface area contributed by atoms with Crippen LogP contribution < -0.4 is 0 Å². The third-order valence-corrected chi connectivity index (χ3v) is 4.80. The number of Topliss-reactive ketones (excluding diaryl/α,β-unsaturated/α-hetero) is 1. The van der Waals surface area contributed by atoms with Crippen molar-refractivity contribution in [1.82, 2.24) is 4.98 Å². The van der Waals surface area contributed by atoms with E-state index in [-0.39, 0.29) is 18.6 Å². The van der Waals surface area contributed by atoms with Crippen molar-refractivity contribution >= 4 is 23.1 Å². The molecule has 0 aliphatic rings. The summed E-state index contributed by atoms with van der Waals surface area (Å²) in [6, 6.07) is 8.25. The molecule has 4 nitrogen and oxygen atoms in total. The topological polar surface area (TPSA) is 67.3 Å². The van der Waals surface area contributed by atoms with Crippen molar-refractivity contribution in [2.45, 2.75) is 39.5 Å². The Balaban J connectivity index is 2.01. The highest BCUT2D eigenvalue weighted by Crippen LogP contribution is 2.25. The number of carboxylic acids is 1. The maximum Gasteiger partial charge on any atom is 0.306 e. The molecular formula is C18H21NO3S. The predicted octanol–water partition coefficient (Wildman–Crippen LogP) is 3.99. The minimum atomic E-state index is -0.907. The number of aryl methyl sites for hydroxylation is 1. The van der Waals surface area contributed by atoms with Crippen LogP contribution in [0.15, 0.2) is 29.6 Å². The molecule has 0 saturated heterocycles. The number of carbonyl (C=O) groups excluding carboxylic acids is 1. The van der Waals surface area contributed by atoms with Crippen LogP contribution in [-0.2, 0) is 22.4 Å². The Morgan fingerprint density at radius 3 is 2.48 bits per heavy atom. The van der Waals surface area contributed by atoms with E-state index in [0.717, 1.165) is 22.7 Å². The van der Waals surface area contributed by atoms with Crippen molar-refractivity contribution in [3.63, 3.8) is 0 Å². The maximum absolute atomic E-state index is 12.0. The second kappa shape index (κ2) is 8.02. The van der Waals surface area contributed by atoms with Gasteiger partial charge in [0, 0.05) is 23.8 Å². The van der Waals surface area contributed by atoms with Gasteiger partial charge < -0.3 is 5.11 Å². The van der Waals surface area contributed by atoms with Crippen LogP contribution in [0, 0.1) is 5.92 Å². The summed E-state index contributed by atoms with van der Waals surface area (Å²) in [5.41, 5.74) is 3.04. The molecular weight excluding hydrogens is 310 g/mol. The molecule has 2 aromatic rings. The lowest BCUT2D eigenvalue weighted by Gasteiger charge is -2.07. The summed E-state index contributed by atoms with van der Waals surface area (Å²) >= 11 is 1.51. The first-order valence-corrected chi connectivity index (χ1v) is 8.69. The number of aromatic nitrogens is 1. The molecule has 2 rings (SSSR count). The minimum absolute atomic E-state index is 0.0718. The monoisotopic (exact) mass is 331 g/mol. The lowest BCUT2D eigenvalue weighted by atomic mass is 9.98. The van der Waals surface area contributed by atoms with Gasteiger partial charge >= 0.3 is 5.97 Å². The SMILES string of the molecule is CCc1ccc(-c2nc(CC(=O)CC(CC)C(=O)O)cs2)cc1. The fourth-order valence-electron chi connectivity index (χ4n) is 2.36. The zero-order chi connectivity index (χ0) is 16.8. The summed E-state index contributed by atoms with van der Waals surface area (Å²) in [7, 11) is 0. The van der Waals surface area contributed by atoms with E-state index >= 15 is 0 Å². The summed E-state index contributed by atoms with van der Waals surface area (Å²) in [6.07, 6.45) is 1.74. The van der Waals surface area contributed by atoms with E-state index in [0.29, 0.717) is 6.42 Å². The zero-order valence-corrected chi connectivity index (χ0v) is 14.2. The van der Waals surface area contributed by atoms with Gasteiger partial charge in [-0.3, -0.25) is 9.59 Å². The fourth-order valence-corrected chi connectivity index (χ4v) is 3.18. The lowest BCUT2D eigenvalue weighted by Crippen LogP contribution is -2.18. The van der Waals surface area contributed by atoms with Gasteiger partial charge in [-0.05, 0) is 18.4 Å². The summed E-state index contributed by atoms with van der Waals surface area (Å²) in [5, 5.41) is 11.8. The Morgan fingerprint density at radius 1 is 1.22 bits per heavy atom. The molecule has 23 heavy (non-hydrogen) atoms. The Kier molecular flexibility index (Phi) is 6.04. The lowest BCUT2D eigenvalue weighted by molar-refractivity contribution is -0.143. The number of carboxylic acid groups (broad SMARTS) is 1. The third kappa shape index (κ3) is 4.73. The first-order valence-electron chi connectivity index (χ1n) is 7.81. The number of carbonyl (C=O) groups is 2. The second-order valence-electron chi connectivity index (χ2n) is 5.56. The van der Waals surface area contributed by atoms with Crippen molar-refractivity contribution in [1.29, 1.82) is 0 Å². The standard InChI is InChI=1S/C18H21NO3S/c1-3-12-5-7-14(8-6-12)17-19-15(11-23-17)10-16(20)9-13(4-2)18(21)22/h5-8,11,13H,3-4,9-10H2,1-2H3,(H,21,22). The quantitative estimate of drug-likeness (QED) is 0.794. The van der Waals surface area contributed by atoms with Gasteiger partial charge in [0.15, 0.2) is 0 Å². The van der Waals surface area contributed by atoms with E-state index in [2.05, 4.69) is 24.0 Å². The molecule has 5 heteroatoms. The smallest absolute Gasteiger partial charge is 0.306 e. The molecule has 0 amide bonds. The van der Waals surface area contributed by atoms with E-state index < -0.39 is 11.9 Å². The first-order chi connectivity index (χ1) is 11.0. The molecule has 0 fully saturated rings. The second-order valence-corrected chi connectivity index (χ2v) is 6.42. The number of hydrogen-bond acceptors (Lipinski definition) is 4. The van der Waals surface area contributed by atoms with Gasteiger partial charge in [-0.1, -0.05) is 38.1 Å². The molecule has 1 aromatic heterocycles. The Bertz CT molecular complexity index is 676. The maximum atomic E-state index is 12.0. The van der Waals surface area contributed by atoms with Crippen LogP contribution in [0.5, 0.6) is 0 Å². The molecule has 0 saturated carbocycles. The number of thiazole rings is 1. The van der Waals surface area contributed by atoms with Gasteiger partial charge in [0.1, 0.15) is 10.8 Å². The van der Waals surface area contributed by atoms with Crippen molar-refractivity contribution in [2.24, 2.45) is 5.92 Å². The van der Waals surface area contributed by atoms with E-state index in [1.165, 1.54) is 16.9 Å². The van der Waals surface area contributed by atoms with Gasteiger partial charge in [0.2, 0.25) is 0 Å². The number of ketones is 1. The summed E-state index contributed by atoms with van der Waals surface area (Å²) in [4.78, 5) is 27.5. The van der Waals surface area contributed by atoms with Crippen LogP contribution in [0.4, 0.5) is 0 Å². The molecule has 1 N–H and O–H groups in total. The number of benzene rings is 1. The molecule has 1 heterocycles. The molecule has 1 unspecified atom stereocenters. The summed E-state index contributed by atoms with van der Waals surface area (Å²) in [5.74, 6) is -1.57. The minimum Gasteiger partial charge on any atom is -0.481 e. The van der Waals surface area contributed by atoms with Crippen LogP contribution in [0.25, 0.3) is 10.6 Å². The number of hydrogen-bond donors (Lipinski definition) is 1. The fraction of sp³-hybridized carbons (Fsp3) is 0.389. The highest BCUT2D eigenvalue weighted by molar-refractivity contribution is 7.13. The molecule has 0 aliphatic heterocycles. The van der Waals surface area contributed by atoms with Gasteiger partial charge in [0.25, 0.3) is 0 Å². The van der Waals surface area contributed by atoms with Crippen molar-refractivity contribution in [3.05, 3.63) is 40.9 Å². The van der Waals surface area contributed by atoms with Crippen LogP contribution in [-0.4, -0.2) is 21.8 Å². The Labute approximate surface area is 140 Å². The number of rotatable bonds is 8. The molecule has 0 spiro atoms. The molecule has 122 valence electrons. The van der Waals surface area contributed by atoms with E-state index in [1.54, 1.807) is 6.92 Å². The Morgan fingerprint density at radius 2 is 1.91 bits per heavy atom. The van der Waals surface area contributed by atoms with Crippen LogP contribution >= 0.6 is 11.3 Å².